The van der Waals surface area contributed by atoms with E-state index in [0.29, 0.717) is 11.8 Å². The van der Waals surface area contributed by atoms with Crippen LogP contribution < -0.4 is 4.74 Å². The molecule has 3 aliphatic carbocycles. The molecule has 20 heavy (non-hydrogen) atoms. The van der Waals surface area contributed by atoms with Gasteiger partial charge in [-0.25, -0.2) is 0 Å². The summed E-state index contributed by atoms with van der Waals surface area (Å²) < 4.78 is 13.7. The van der Waals surface area contributed by atoms with Crippen molar-refractivity contribution < 1.29 is 6.11 Å². The molecular formula is C19H24O. The standard InChI is InChI=1S/C19H24O/c1-19-10-3-4-18(19)17-7-5-13-12-14(20-2)6-8-15(13)16(17)9-11-19/h3,6,8,10,12,16-18H,4-5,7,9,11H2,1-2H3/t16-,17-,18+,19+/m1/s1/i10D. The largest absolute Gasteiger partial charge is 0.497 e. The SMILES string of the molecule is [2H]C1=CC[C@H]2[C@@H]3CCc4cc(OC)ccc4[C@H]3CC[C@]12C. The third-order valence-corrected chi connectivity index (χ3v) is 6.13. The highest BCUT2D eigenvalue weighted by atomic mass is 16.5. The van der Waals surface area contributed by atoms with E-state index in [2.05, 4.69) is 31.2 Å². The molecule has 1 aromatic rings. The molecule has 0 aromatic heterocycles. The highest BCUT2D eigenvalue weighted by Gasteiger charge is 2.48. The van der Waals surface area contributed by atoms with Crippen molar-refractivity contribution in [1.29, 1.82) is 0 Å². The van der Waals surface area contributed by atoms with Gasteiger partial charge in [0.25, 0.3) is 0 Å². The number of hydrogen-bond acceptors (Lipinski definition) is 1. The zero-order chi connectivity index (χ0) is 14.6. The molecule has 0 spiro atoms. The van der Waals surface area contributed by atoms with Crippen molar-refractivity contribution in [3.63, 3.8) is 0 Å². The van der Waals surface area contributed by atoms with Crippen LogP contribution in [0.15, 0.2) is 30.3 Å². The van der Waals surface area contributed by atoms with E-state index in [4.69, 9.17) is 6.11 Å². The highest BCUT2D eigenvalue weighted by molar-refractivity contribution is 5.41. The summed E-state index contributed by atoms with van der Waals surface area (Å²) in [6.45, 7) is 2.34. The van der Waals surface area contributed by atoms with Gasteiger partial charge in [0.15, 0.2) is 0 Å². The van der Waals surface area contributed by atoms with E-state index in [-0.39, 0.29) is 5.41 Å². The number of methoxy groups -OCH3 is 1. The van der Waals surface area contributed by atoms with Crippen LogP contribution in [-0.4, -0.2) is 7.11 Å². The van der Waals surface area contributed by atoms with E-state index in [1.807, 2.05) is 0 Å². The number of aryl methyl sites for hydroxylation is 1. The second-order valence-corrected chi connectivity index (χ2v) is 7.02. The van der Waals surface area contributed by atoms with E-state index in [0.717, 1.165) is 24.1 Å². The fourth-order valence-corrected chi connectivity index (χ4v) is 5.04. The summed E-state index contributed by atoms with van der Waals surface area (Å²) in [5.41, 5.74) is 3.22. The number of rotatable bonds is 1. The van der Waals surface area contributed by atoms with Crippen LogP contribution in [0, 0.1) is 17.3 Å². The minimum atomic E-state index is 0.158. The minimum absolute atomic E-state index is 0.158. The van der Waals surface area contributed by atoms with Gasteiger partial charge in [0.05, 0.1) is 8.48 Å². The Hall–Kier alpha value is -1.24. The Bertz CT molecular complexity index is 606. The topological polar surface area (TPSA) is 9.23 Å². The van der Waals surface area contributed by atoms with E-state index in [1.54, 1.807) is 12.7 Å². The molecule has 0 aliphatic heterocycles. The summed E-state index contributed by atoms with van der Waals surface area (Å²) in [4.78, 5) is 0. The lowest BCUT2D eigenvalue weighted by Gasteiger charge is -2.49. The fourth-order valence-electron chi connectivity index (χ4n) is 5.04. The van der Waals surface area contributed by atoms with Gasteiger partial charge < -0.3 is 4.74 Å². The molecule has 1 aromatic carbocycles. The van der Waals surface area contributed by atoms with Crippen LogP contribution in [0.3, 0.4) is 0 Å². The van der Waals surface area contributed by atoms with Crippen molar-refractivity contribution in [1.82, 2.24) is 0 Å². The van der Waals surface area contributed by atoms with E-state index < -0.39 is 0 Å². The van der Waals surface area contributed by atoms with Gasteiger partial charge in [-0.1, -0.05) is 25.1 Å². The molecule has 1 fully saturated rings. The molecule has 4 rings (SSSR count). The lowest BCUT2D eigenvalue weighted by molar-refractivity contribution is 0.0826. The maximum atomic E-state index is 8.30. The van der Waals surface area contributed by atoms with Crippen LogP contribution in [0.4, 0.5) is 0 Å². The van der Waals surface area contributed by atoms with Crippen LogP contribution in [0.2, 0.25) is 0 Å². The predicted molar refractivity (Wildman–Crippen MR) is 82.1 cm³/mol. The number of benzene rings is 1. The van der Waals surface area contributed by atoms with Crippen molar-refractivity contribution in [2.75, 3.05) is 7.11 Å². The number of fused-ring (bicyclic) bond motifs is 5. The first-order chi connectivity index (χ1) is 10.1. The zero-order valence-corrected chi connectivity index (χ0v) is 12.5. The summed E-state index contributed by atoms with van der Waals surface area (Å²) in [6.07, 6.45) is 8.20. The molecular weight excluding hydrogens is 244 g/mol. The zero-order valence-electron chi connectivity index (χ0n) is 13.5. The van der Waals surface area contributed by atoms with Gasteiger partial charge >= 0.3 is 0 Å². The van der Waals surface area contributed by atoms with Gasteiger partial charge in [-0.2, -0.15) is 0 Å². The van der Waals surface area contributed by atoms with Crippen LogP contribution in [0.25, 0.3) is 0 Å². The average molecular weight is 269 g/mol. The predicted octanol–water partition coefficient (Wildman–Crippen LogP) is 4.72. The number of ether oxygens (including phenoxy) is 1. The van der Waals surface area contributed by atoms with Crippen LogP contribution in [-0.2, 0) is 6.42 Å². The second-order valence-electron chi connectivity index (χ2n) is 7.02. The average Bonchev–Trinajstić information content (AvgIpc) is 2.82. The Labute approximate surface area is 123 Å². The van der Waals surface area contributed by atoms with Crippen molar-refractivity contribution in [3.8, 4) is 5.75 Å². The Morgan fingerprint density at radius 2 is 2.25 bits per heavy atom. The summed E-state index contributed by atoms with van der Waals surface area (Å²) in [5, 5.41) is 0. The molecule has 4 atom stereocenters. The number of hydrogen-bond donors (Lipinski definition) is 0. The Morgan fingerprint density at radius 1 is 1.35 bits per heavy atom. The third kappa shape index (κ3) is 1.68. The molecule has 106 valence electrons. The molecule has 0 N–H and O–H groups in total. The minimum Gasteiger partial charge on any atom is -0.497 e. The molecule has 3 aliphatic rings. The van der Waals surface area contributed by atoms with Crippen molar-refractivity contribution >= 4 is 0 Å². The summed E-state index contributed by atoms with van der Waals surface area (Å²) in [7, 11) is 1.75. The van der Waals surface area contributed by atoms with Crippen molar-refractivity contribution in [2.24, 2.45) is 17.3 Å². The monoisotopic (exact) mass is 269 g/mol. The molecule has 1 saturated carbocycles. The maximum absolute atomic E-state index is 8.30. The van der Waals surface area contributed by atoms with Crippen LogP contribution >= 0.6 is 0 Å². The molecule has 0 radical (unpaired) electrons. The quantitative estimate of drug-likeness (QED) is 0.670. The van der Waals surface area contributed by atoms with Crippen molar-refractivity contribution in [2.45, 2.75) is 44.9 Å². The first-order valence-electron chi connectivity index (χ1n) is 8.47. The van der Waals surface area contributed by atoms with E-state index in [9.17, 15) is 0 Å². The van der Waals surface area contributed by atoms with Gasteiger partial charge in [-0.15, -0.1) is 0 Å². The normalized spacial score (nSPS) is 39.2. The molecule has 0 amide bonds. The molecule has 0 saturated heterocycles. The summed E-state index contributed by atoms with van der Waals surface area (Å²) in [5.74, 6) is 3.16. The summed E-state index contributed by atoms with van der Waals surface area (Å²) in [6, 6.07) is 7.57. The number of allylic oxidation sites excluding steroid dienone is 2. The van der Waals surface area contributed by atoms with E-state index in [1.165, 1.54) is 31.2 Å². The van der Waals surface area contributed by atoms with Gasteiger partial charge in [0, 0.05) is 0 Å². The molecule has 0 bridgehead atoms. The Kier molecular flexibility index (Phi) is 2.50. The Balaban J connectivity index is 1.69. The Morgan fingerprint density at radius 3 is 3.10 bits per heavy atom. The molecule has 1 heteroatoms. The first-order valence-corrected chi connectivity index (χ1v) is 7.97. The first kappa shape index (κ1) is 11.4. The summed E-state index contributed by atoms with van der Waals surface area (Å²) >= 11 is 0. The lowest BCUT2D eigenvalue weighted by Crippen LogP contribution is -2.39. The fraction of sp³-hybridized carbons (Fsp3) is 0.579. The third-order valence-electron chi connectivity index (χ3n) is 6.13. The smallest absolute Gasteiger partial charge is 0.119 e. The maximum Gasteiger partial charge on any atom is 0.119 e. The van der Waals surface area contributed by atoms with E-state index >= 15 is 0 Å². The van der Waals surface area contributed by atoms with Gasteiger partial charge in [-0.3, -0.25) is 0 Å². The molecule has 0 heterocycles. The highest BCUT2D eigenvalue weighted by Crippen LogP contribution is 2.58. The van der Waals surface area contributed by atoms with Gasteiger partial charge in [0.2, 0.25) is 0 Å². The van der Waals surface area contributed by atoms with Gasteiger partial charge in [-0.05, 0) is 78.5 Å². The van der Waals surface area contributed by atoms with Crippen molar-refractivity contribution in [3.05, 3.63) is 41.5 Å². The van der Waals surface area contributed by atoms with Gasteiger partial charge in [0.1, 0.15) is 5.75 Å². The molecule has 1 nitrogen and oxygen atoms in total. The molecule has 0 unspecified atom stereocenters. The second kappa shape index (κ2) is 4.38. The van der Waals surface area contributed by atoms with Crippen LogP contribution in [0.1, 0.15) is 51.0 Å². The van der Waals surface area contributed by atoms with Crippen LogP contribution in [0.5, 0.6) is 5.75 Å². The lowest BCUT2D eigenvalue weighted by atomic mass is 9.56.